The molecule has 1 saturated heterocycles. The van der Waals surface area contributed by atoms with E-state index in [0.29, 0.717) is 12.1 Å². The summed E-state index contributed by atoms with van der Waals surface area (Å²) in [7, 11) is 0. The average Bonchev–Trinajstić information content (AvgIpc) is 2.40. The first-order valence-electron chi connectivity index (χ1n) is 7.04. The van der Waals surface area contributed by atoms with E-state index in [1.165, 1.54) is 0 Å². The van der Waals surface area contributed by atoms with Crippen LogP contribution < -0.4 is 4.74 Å². The summed E-state index contributed by atoms with van der Waals surface area (Å²) in [5.74, 6) is 0.912. The summed E-state index contributed by atoms with van der Waals surface area (Å²) in [5, 5.41) is 0. The van der Waals surface area contributed by atoms with Crippen LogP contribution in [-0.4, -0.2) is 35.1 Å². The number of pyridine rings is 1. The summed E-state index contributed by atoms with van der Waals surface area (Å²) in [4.78, 5) is 6.88. The number of piperidine rings is 1. The highest BCUT2D eigenvalue weighted by molar-refractivity contribution is 5.20. The minimum atomic E-state index is 0.356. The van der Waals surface area contributed by atoms with Crippen molar-refractivity contribution in [3.8, 4) is 5.75 Å². The molecular weight excluding hydrogens is 224 g/mol. The van der Waals surface area contributed by atoms with Gasteiger partial charge in [0.25, 0.3) is 0 Å². The SMILES string of the molecule is CCc1ccc(OC2CCN(C(C)C)CC2)cn1. The molecule has 1 fully saturated rings. The number of hydrogen-bond donors (Lipinski definition) is 0. The lowest BCUT2D eigenvalue weighted by atomic mass is 10.1. The first-order chi connectivity index (χ1) is 8.69. The van der Waals surface area contributed by atoms with Crippen molar-refractivity contribution >= 4 is 0 Å². The van der Waals surface area contributed by atoms with Crippen molar-refractivity contribution in [2.45, 2.75) is 52.2 Å². The Morgan fingerprint density at radius 2 is 2.06 bits per heavy atom. The van der Waals surface area contributed by atoms with Gasteiger partial charge in [0, 0.05) is 24.8 Å². The molecule has 0 N–H and O–H groups in total. The van der Waals surface area contributed by atoms with E-state index in [4.69, 9.17) is 4.74 Å². The maximum atomic E-state index is 5.99. The van der Waals surface area contributed by atoms with Crippen LogP contribution in [0, 0.1) is 0 Å². The fourth-order valence-corrected chi connectivity index (χ4v) is 2.39. The van der Waals surface area contributed by atoms with Crippen LogP contribution in [0.1, 0.15) is 39.3 Å². The number of aromatic nitrogens is 1. The Balaban J connectivity index is 1.83. The Morgan fingerprint density at radius 3 is 2.56 bits per heavy atom. The van der Waals surface area contributed by atoms with Gasteiger partial charge in [-0.3, -0.25) is 4.98 Å². The molecule has 18 heavy (non-hydrogen) atoms. The Bertz CT molecular complexity index is 353. The minimum Gasteiger partial charge on any atom is -0.489 e. The molecule has 0 aliphatic carbocycles. The molecule has 2 rings (SSSR count). The number of rotatable bonds is 4. The molecule has 0 amide bonds. The molecule has 100 valence electrons. The monoisotopic (exact) mass is 248 g/mol. The van der Waals surface area contributed by atoms with Gasteiger partial charge in [0.15, 0.2) is 0 Å². The lowest BCUT2D eigenvalue weighted by Crippen LogP contribution is -2.41. The Kier molecular flexibility index (Phi) is 4.59. The van der Waals surface area contributed by atoms with Crippen LogP contribution in [0.15, 0.2) is 18.3 Å². The highest BCUT2D eigenvalue weighted by Crippen LogP contribution is 2.19. The van der Waals surface area contributed by atoms with Gasteiger partial charge in [-0.25, -0.2) is 0 Å². The molecule has 3 heteroatoms. The molecule has 1 aromatic heterocycles. The van der Waals surface area contributed by atoms with Gasteiger partial charge in [-0.05, 0) is 45.2 Å². The van der Waals surface area contributed by atoms with Crippen LogP contribution in [0.2, 0.25) is 0 Å². The molecule has 1 aromatic rings. The van der Waals surface area contributed by atoms with Crippen molar-refractivity contribution in [2.75, 3.05) is 13.1 Å². The number of hydrogen-bond acceptors (Lipinski definition) is 3. The molecule has 0 atom stereocenters. The van der Waals surface area contributed by atoms with Gasteiger partial charge in [-0.2, -0.15) is 0 Å². The molecule has 0 bridgehead atoms. The summed E-state index contributed by atoms with van der Waals surface area (Å²) in [5.41, 5.74) is 1.12. The standard InChI is InChI=1S/C15H24N2O/c1-4-13-5-6-15(11-16-13)18-14-7-9-17(10-8-14)12(2)3/h5-6,11-12,14H,4,7-10H2,1-3H3. The molecule has 0 radical (unpaired) electrons. The fourth-order valence-electron chi connectivity index (χ4n) is 2.39. The second-order valence-corrected chi connectivity index (χ2v) is 5.29. The van der Waals surface area contributed by atoms with Crippen LogP contribution in [0.3, 0.4) is 0 Å². The van der Waals surface area contributed by atoms with Gasteiger partial charge < -0.3 is 9.64 Å². The van der Waals surface area contributed by atoms with E-state index in [9.17, 15) is 0 Å². The van der Waals surface area contributed by atoms with Gasteiger partial charge in [-0.15, -0.1) is 0 Å². The third-order valence-electron chi connectivity index (χ3n) is 3.67. The third-order valence-corrected chi connectivity index (χ3v) is 3.67. The van der Waals surface area contributed by atoms with Gasteiger partial charge in [0.2, 0.25) is 0 Å². The molecule has 0 spiro atoms. The summed E-state index contributed by atoms with van der Waals surface area (Å²) < 4.78 is 5.99. The molecule has 0 saturated carbocycles. The summed E-state index contributed by atoms with van der Waals surface area (Å²) in [6.45, 7) is 8.92. The average molecular weight is 248 g/mol. The highest BCUT2D eigenvalue weighted by Gasteiger charge is 2.21. The van der Waals surface area contributed by atoms with E-state index >= 15 is 0 Å². The van der Waals surface area contributed by atoms with E-state index in [2.05, 4.69) is 36.7 Å². The van der Waals surface area contributed by atoms with E-state index in [0.717, 1.165) is 43.8 Å². The van der Waals surface area contributed by atoms with Gasteiger partial charge in [-0.1, -0.05) is 6.92 Å². The Morgan fingerprint density at radius 1 is 1.33 bits per heavy atom. The lowest BCUT2D eigenvalue weighted by Gasteiger charge is -2.34. The molecular formula is C15H24N2O. The number of likely N-dealkylation sites (tertiary alicyclic amines) is 1. The topological polar surface area (TPSA) is 25.4 Å². The highest BCUT2D eigenvalue weighted by atomic mass is 16.5. The second-order valence-electron chi connectivity index (χ2n) is 5.29. The van der Waals surface area contributed by atoms with Crippen LogP contribution in [0.4, 0.5) is 0 Å². The molecule has 1 aliphatic rings. The first-order valence-corrected chi connectivity index (χ1v) is 7.04. The van der Waals surface area contributed by atoms with Crippen molar-refractivity contribution in [1.29, 1.82) is 0 Å². The quantitative estimate of drug-likeness (QED) is 0.819. The summed E-state index contributed by atoms with van der Waals surface area (Å²) in [6.07, 6.45) is 5.43. The largest absolute Gasteiger partial charge is 0.489 e. The van der Waals surface area contributed by atoms with Gasteiger partial charge in [0.05, 0.1) is 6.20 Å². The van der Waals surface area contributed by atoms with Crippen molar-refractivity contribution < 1.29 is 4.74 Å². The zero-order valence-corrected chi connectivity index (χ0v) is 11.7. The van der Waals surface area contributed by atoms with E-state index in [1.54, 1.807) is 0 Å². The van der Waals surface area contributed by atoms with Crippen molar-refractivity contribution in [3.63, 3.8) is 0 Å². The normalized spacial score (nSPS) is 18.2. The minimum absolute atomic E-state index is 0.356. The molecule has 1 aliphatic heterocycles. The van der Waals surface area contributed by atoms with E-state index in [1.807, 2.05) is 12.3 Å². The van der Waals surface area contributed by atoms with Crippen LogP contribution >= 0.6 is 0 Å². The van der Waals surface area contributed by atoms with Crippen molar-refractivity contribution in [1.82, 2.24) is 9.88 Å². The lowest BCUT2D eigenvalue weighted by molar-refractivity contribution is 0.0840. The predicted molar refractivity (Wildman–Crippen MR) is 74.0 cm³/mol. The third kappa shape index (κ3) is 3.45. The summed E-state index contributed by atoms with van der Waals surface area (Å²) >= 11 is 0. The fraction of sp³-hybridized carbons (Fsp3) is 0.667. The Labute approximate surface area is 110 Å². The second kappa shape index (κ2) is 6.19. The zero-order valence-electron chi connectivity index (χ0n) is 11.7. The van der Waals surface area contributed by atoms with Gasteiger partial charge >= 0.3 is 0 Å². The maximum Gasteiger partial charge on any atom is 0.138 e. The Hall–Kier alpha value is -1.09. The van der Waals surface area contributed by atoms with Crippen LogP contribution in [0.5, 0.6) is 5.75 Å². The van der Waals surface area contributed by atoms with Gasteiger partial charge in [0.1, 0.15) is 11.9 Å². The van der Waals surface area contributed by atoms with Crippen LogP contribution in [0.25, 0.3) is 0 Å². The van der Waals surface area contributed by atoms with Crippen molar-refractivity contribution in [2.24, 2.45) is 0 Å². The number of aryl methyl sites for hydroxylation is 1. The molecule has 0 unspecified atom stereocenters. The number of nitrogens with zero attached hydrogens (tertiary/aromatic N) is 2. The molecule has 0 aromatic carbocycles. The predicted octanol–water partition coefficient (Wildman–Crippen LogP) is 2.90. The molecule has 3 nitrogen and oxygen atoms in total. The van der Waals surface area contributed by atoms with E-state index < -0.39 is 0 Å². The maximum absolute atomic E-state index is 5.99. The first kappa shape index (κ1) is 13.3. The van der Waals surface area contributed by atoms with Crippen molar-refractivity contribution in [3.05, 3.63) is 24.0 Å². The zero-order chi connectivity index (χ0) is 13.0. The summed E-state index contributed by atoms with van der Waals surface area (Å²) in [6, 6.07) is 4.75. The van der Waals surface area contributed by atoms with E-state index in [-0.39, 0.29) is 0 Å². The number of ether oxygens (including phenoxy) is 1. The van der Waals surface area contributed by atoms with Crippen LogP contribution in [-0.2, 0) is 6.42 Å². The smallest absolute Gasteiger partial charge is 0.138 e. The molecule has 2 heterocycles.